The van der Waals surface area contributed by atoms with Crippen LogP contribution in [0.4, 0.5) is 5.69 Å². The van der Waals surface area contributed by atoms with Gasteiger partial charge < -0.3 is 10.1 Å². The fraction of sp³-hybridized carbons (Fsp3) is 0.174. The third-order valence-corrected chi connectivity index (χ3v) is 4.96. The molecule has 0 aromatic heterocycles. The molecular weight excluding hydrogens is 400 g/mol. The number of hydrogen-bond acceptors (Lipinski definition) is 4. The lowest BCUT2D eigenvalue weighted by atomic mass is 10.1. The average Bonchev–Trinajstić information content (AvgIpc) is 2.72. The Morgan fingerprint density at radius 3 is 2.30 bits per heavy atom. The highest BCUT2D eigenvalue weighted by atomic mass is 32.2. The molecule has 156 valence electrons. The van der Waals surface area contributed by atoms with Crippen LogP contribution in [0.3, 0.4) is 0 Å². The molecule has 0 fully saturated rings. The Labute approximate surface area is 177 Å². The van der Waals surface area contributed by atoms with Crippen LogP contribution in [0, 0.1) is 0 Å². The molecule has 0 atom stereocenters. The molecule has 0 radical (unpaired) electrons. The SMILES string of the molecule is CS(=O)(=O)Nc1cccc(C(=O)NCc2ccccc2COCc2ccccc2)c1. The van der Waals surface area contributed by atoms with Crippen molar-refractivity contribution in [1.82, 2.24) is 5.32 Å². The summed E-state index contributed by atoms with van der Waals surface area (Å²) >= 11 is 0. The van der Waals surface area contributed by atoms with E-state index in [2.05, 4.69) is 10.0 Å². The molecule has 0 aliphatic heterocycles. The molecule has 7 heteroatoms. The van der Waals surface area contributed by atoms with E-state index in [1.165, 1.54) is 6.07 Å². The summed E-state index contributed by atoms with van der Waals surface area (Å²) < 4.78 is 31.0. The Morgan fingerprint density at radius 1 is 0.867 bits per heavy atom. The van der Waals surface area contributed by atoms with Crippen LogP contribution < -0.4 is 10.0 Å². The predicted octanol–water partition coefficient (Wildman–Crippen LogP) is 3.70. The van der Waals surface area contributed by atoms with Crippen molar-refractivity contribution in [2.24, 2.45) is 0 Å². The van der Waals surface area contributed by atoms with E-state index >= 15 is 0 Å². The summed E-state index contributed by atoms with van der Waals surface area (Å²) in [5.41, 5.74) is 3.79. The molecule has 3 rings (SSSR count). The zero-order valence-electron chi connectivity index (χ0n) is 16.7. The van der Waals surface area contributed by atoms with Crippen LogP contribution in [0.15, 0.2) is 78.9 Å². The van der Waals surface area contributed by atoms with Crippen LogP contribution in [0.1, 0.15) is 27.0 Å². The summed E-state index contributed by atoms with van der Waals surface area (Å²) in [6.07, 6.45) is 1.07. The molecule has 0 unspecified atom stereocenters. The van der Waals surface area contributed by atoms with E-state index in [0.29, 0.717) is 31.0 Å². The maximum absolute atomic E-state index is 12.5. The zero-order valence-corrected chi connectivity index (χ0v) is 17.5. The summed E-state index contributed by atoms with van der Waals surface area (Å²) in [5.74, 6) is -0.285. The quantitative estimate of drug-likeness (QED) is 0.549. The molecule has 0 aliphatic carbocycles. The summed E-state index contributed by atoms with van der Waals surface area (Å²) in [6.45, 7) is 1.30. The Hall–Kier alpha value is -3.16. The molecule has 0 bridgehead atoms. The van der Waals surface area contributed by atoms with Gasteiger partial charge in [-0.05, 0) is 34.9 Å². The first kappa shape index (κ1) is 21.5. The van der Waals surface area contributed by atoms with Crippen molar-refractivity contribution in [3.8, 4) is 0 Å². The number of amides is 1. The van der Waals surface area contributed by atoms with Crippen molar-refractivity contribution >= 4 is 21.6 Å². The number of carbonyl (C=O) groups is 1. The van der Waals surface area contributed by atoms with Gasteiger partial charge in [-0.15, -0.1) is 0 Å². The molecule has 0 saturated heterocycles. The lowest BCUT2D eigenvalue weighted by Crippen LogP contribution is -2.23. The van der Waals surface area contributed by atoms with E-state index in [1.807, 2.05) is 54.6 Å². The number of ether oxygens (including phenoxy) is 1. The highest BCUT2D eigenvalue weighted by molar-refractivity contribution is 7.92. The first-order valence-corrected chi connectivity index (χ1v) is 11.3. The van der Waals surface area contributed by atoms with Crippen LogP contribution in [-0.4, -0.2) is 20.6 Å². The average molecular weight is 425 g/mol. The molecule has 3 aromatic rings. The van der Waals surface area contributed by atoms with Crippen LogP contribution in [0.25, 0.3) is 0 Å². The van der Waals surface area contributed by atoms with Gasteiger partial charge in [0.1, 0.15) is 0 Å². The standard InChI is InChI=1S/C23H24N2O4S/c1-30(27,28)25-22-13-7-12-19(14-22)23(26)24-15-20-10-5-6-11-21(20)17-29-16-18-8-3-2-4-9-18/h2-14,25H,15-17H2,1H3,(H,24,26). The minimum absolute atomic E-state index is 0.285. The maximum atomic E-state index is 12.5. The smallest absolute Gasteiger partial charge is 0.251 e. The molecule has 2 N–H and O–H groups in total. The van der Waals surface area contributed by atoms with Crippen molar-refractivity contribution in [2.75, 3.05) is 11.0 Å². The van der Waals surface area contributed by atoms with Crippen molar-refractivity contribution < 1.29 is 17.9 Å². The van der Waals surface area contributed by atoms with Crippen molar-refractivity contribution in [2.45, 2.75) is 19.8 Å². The fourth-order valence-corrected chi connectivity index (χ4v) is 3.49. The van der Waals surface area contributed by atoms with E-state index < -0.39 is 10.0 Å². The minimum Gasteiger partial charge on any atom is -0.372 e. The second-order valence-electron chi connectivity index (χ2n) is 6.88. The highest BCUT2D eigenvalue weighted by Gasteiger charge is 2.10. The summed E-state index contributed by atoms with van der Waals surface area (Å²) in [6, 6.07) is 24.1. The zero-order chi connectivity index (χ0) is 21.4. The molecule has 0 saturated carbocycles. The third-order valence-electron chi connectivity index (χ3n) is 4.35. The van der Waals surface area contributed by atoms with Gasteiger partial charge in [-0.3, -0.25) is 9.52 Å². The number of benzene rings is 3. The van der Waals surface area contributed by atoms with E-state index in [-0.39, 0.29) is 5.91 Å². The Morgan fingerprint density at radius 2 is 1.57 bits per heavy atom. The van der Waals surface area contributed by atoms with Gasteiger partial charge in [-0.2, -0.15) is 0 Å². The second-order valence-corrected chi connectivity index (χ2v) is 8.63. The minimum atomic E-state index is -3.41. The van der Waals surface area contributed by atoms with Crippen molar-refractivity contribution in [3.05, 3.63) is 101 Å². The molecule has 3 aromatic carbocycles. The lowest BCUT2D eigenvalue weighted by molar-refractivity contribution is 0.0947. The number of carbonyl (C=O) groups excluding carboxylic acids is 1. The molecule has 0 spiro atoms. The normalized spacial score (nSPS) is 11.1. The highest BCUT2D eigenvalue weighted by Crippen LogP contribution is 2.14. The van der Waals surface area contributed by atoms with Crippen LogP contribution in [0.5, 0.6) is 0 Å². The Kier molecular flexibility index (Phi) is 7.21. The van der Waals surface area contributed by atoms with Crippen molar-refractivity contribution in [1.29, 1.82) is 0 Å². The van der Waals surface area contributed by atoms with E-state index in [4.69, 9.17) is 4.74 Å². The number of anilines is 1. The Balaban J connectivity index is 1.59. The lowest BCUT2D eigenvalue weighted by Gasteiger charge is -2.12. The molecule has 6 nitrogen and oxygen atoms in total. The first-order valence-electron chi connectivity index (χ1n) is 9.45. The Bertz CT molecular complexity index is 1100. The largest absolute Gasteiger partial charge is 0.372 e. The van der Waals surface area contributed by atoms with Gasteiger partial charge >= 0.3 is 0 Å². The van der Waals surface area contributed by atoms with Gasteiger partial charge in [0.15, 0.2) is 0 Å². The van der Waals surface area contributed by atoms with E-state index in [1.54, 1.807) is 18.2 Å². The van der Waals surface area contributed by atoms with Crippen molar-refractivity contribution in [3.63, 3.8) is 0 Å². The molecule has 1 amide bonds. The van der Waals surface area contributed by atoms with Crippen LogP contribution in [-0.2, 0) is 34.5 Å². The van der Waals surface area contributed by atoms with Gasteiger partial charge in [0.05, 0.1) is 19.5 Å². The monoisotopic (exact) mass is 424 g/mol. The van der Waals surface area contributed by atoms with E-state index in [0.717, 1.165) is 22.9 Å². The summed E-state index contributed by atoms with van der Waals surface area (Å²) in [7, 11) is -3.41. The number of nitrogens with one attached hydrogen (secondary N) is 2. The topological polar surface area (TPSA) is 84.5 Å². The van der Waals surface area contributed by atoms with Crippen LogP contribution >= 0.6 is 0 Å². The maximum Gasteiger partial charge on any atom is 0.251 e. The third kappa shape index (κ3) is 6.72. The van der Waals surface area contributed by atoms with Gasteiger partial charge in [0, 0.05) is 17.8 Å². The van der Waals surface area contributed by atoms with Crippen LogP contribution in [0.2, 0.25) is 0 Å². The molecule has 0 aliphatic rings. The summed E-state index contributed by atoms with van der Waals surface area (Å²) in [5, 5.41) is 2.88. The van der Waals surface area contributed by atoms with Gasteiger partial charge in [-0.25, -0.2) is 8.42 Å². The second kappa shape index (κ2) is 10.0. The molecule has 30 heavy (non-hydrogen) atoms. The predicted molar refractivity (Wildman–Crippen MR) is 117 cm³/mol. The van der Waals surface area contributed by atoms with Gasteiger partial charge in [-0.1, -0.05) is 60.7 Å². The van der Waals surface area contributed by atoms with Gasteiger partial charge in [0.25, 0.3) is 5.91 Å². The molecule has 0 heterocycles. The van der Waals surface area contributed by atoms with E-state index in [9.17, 15) is 13.2 Å². The number of hydrogen-bond donors (Lipinski definition) is 2. The first-order chi connectivity index (χ1) is 14.4. The molecular formula is C23H24N2O4S. The van der Waals surface area contributed by atoms with Gasteiger partial charge in [0.2, 0.25) is 10.0 Å². The number of sulfonamides is 1. The summed E-state index contributed by atoms with van der Waals surface area (Å²) in [4.78, 5) is 12.5. The fourth-order valence-electron chi connectivity index (χ4n) is 2.94. The number of rotatable bonds is 9.